The van der Waals surface area contributed by atoms with E-state index in [4.69, 9.17) is 4.74 Å². The fourth-order valence-electron chi connectivity index (χ4n) is 1.99. The summed E-state index contributed by atoms with van der Waals surface area (Å²) in [6, 6.07) is 6.57. The van der Waals surface area contributed by atoms with Gasteiger partial charge < -0.3 is 10.1 Å². The van der Waals surface area contributed by atoms with Crippen LogP contribution in [-0.4, -0.2) is 24.1 Å². The van der Waals surface area contributed by atoms with Crippen LogP contribution in [0.3, 0.4) is 0 Å². The Labute approximate surface area is 117 Å². The lowest BCUT2D eigenvalue weighted by Crippen LogP contribution is -2.19. The molecule has 1 aromatic carbocycles. The Balaban J connectivity index is 1.97. The Morgan fingerprint density at radius 3 is 3.05 bits per heavy atom. The van der Waals surface area contributed by atoms with E-state index in [2.05, 4.69) is 10.3 Å². The van der Waals surface area contributed by atoms with Crippen molar-refractivity contribution in [3.05, 3.63) is 41.8 Å². The number of hydrogen-bond donors (Lipinski definition) is 1. The van der Waals surface area contributed by atoms with Crippen LogP contribution >= 0.6 is 0 Å². The fourth-order valence-corrected chi connectivity index (χ4v) is 1.99. The van der Waals surface area contributed by atoms with Crippen LogP contribution in [0, 0.1) is 5.82 Å². The molecule has 0 saturated carbocycles. The quantitative estimate of drug-likeness (QED) is 0.650. The summed E-state index contributed by atoms with van der Waals surface area (Å²) in [5, 5.41) is 3.65. The van der Waals surface area contributed by atoms with Crippen molar-refractivity contribution < 1.29 is 13.9 Å². The highest BCUT2D eigenvalue weighted by Gasteiger charge is 2.07. The minimum atomic E-state index is -0.275. The van der Waals surface area contributed by atoms with E-state index in [1.54, 1.807) is 31.3 Å². The number of fused-ring (bicyclic) bond motifs is 1. The third-order valence-electron chi connectivity index (χ3n) is 2.93. The number of aromatic nitrogens is 1. The van der Waals surface area contributed by atoms with E-state index in [-0.39, 0.29) is 11.8 Å². The largest absolute Gasteiger partial charge is 0.466 e. The van der Waals surface area contributed by atoms with Gasteiger partial charge in [-0.1, -0.05) is 6.07 Å². The Bertz CT molecular complexity index is 601. The zero-order valence-corrected chi connectivity index (χ0v) is 11.4. The molecule has 4 nitrogen and oxygen atoms in total. The van der Waals surface area contributed by atoms with Crippen LogP contribution < -0.4 is 5.32 Å². The first-order valence-electron chi connectivity index (χ1n) is 6.61. The highest BCUT2D eigenvalue weighted by molar-refractivity contribution is 5.82. The molecular weight excluding hydrogens is 259 g/mol. The molecule has 0 unspecified atom stereocenters. The van der Waals surface area contributed by atoms with E-state index in [0.717, 1.165) is 5.56 Å². The molecule has 0 bridgehead atoms. The highest BCUT2D eigenvalue weighted by atomic mass is 19.1. The predicted molar refractivity (Wildman–Crippen MR) is 74.7 cm³/mol. The smallest absolute Gasteiger partial charge is 0.307 e. The molecule has 2 rings (SSSR count). The van der Waals surface area contributed by atoms with Gasteiger partial charge in [-0.15, -0.1) is 0 Å². The number of benzene rings is 1. The second-order valence-electron chi connectivity index (χ2n) is 4.34. The molecule has 0 radical (unpaired) electrons. The van der Waals surface area contributed by atoms with Gasteiger partial charge in [-0.05, 0) is 30.7 Å². The number of hydrogen-bond acceptors (Lipinski definition) is 4. The van der Waals surface area contributed by atoms with Crippen LogP contribution in [0.2, 0.25) is 0 Å². The van der Waals surface area contributed by atoms with Crippen molar-refractivity contribution in [2.24, 2.45) is 0 Å². The van der Waals surface area contributed by atoms with Crippen molar-refractivity contribution in [3.63, 3.8) is 0 Å². The summed E-state index contributed by atoms with van der Waals surface area (Å²) < 4.78 is 18.5. The van der Waals surface area contributed by atoms with Gasteiger partial charge in [0.05, 0.1) is 18.5 Å². The van der Waals surface area contributed by atoms with E-state index >= 15 is 0 Å². The van der Waals surface area contributed by atoms with E-state index in [9.17, 15) is 9.18 Å². The maximum Gasteiger partial charge on any atom is 0.307 e. The van der Waals surface area contributed by atoms with Gasteiger partial charge in [0.15, 0.2) is 0 Å². The van der Waals surface area contributed by atoms with E-state index in [0.29, 0.717) is 37.0 Å². The number of pyridine rings is 1. The molecule has 0 aliphatic carbocycles. The Morgan fingerprint density at radius 2 is 2.25 bits per heavy atom. The normalized spacial score (nSPS) is 10.7. The molecule has 1 heterocycles. The molecule has 0 aliphatic rings. The molecule has 0 spiro atoms. The van der Waals surface area contributed by atoms with E-state index in [1.807, 2.05) is 0 Å². The highest BCUT2D eigenvalue weighted by Crippen LogP contribution is 2.19. The molecule has 0 atom stereocenters. The van der Waals surface area contributed by atoms with Crippen LogP contribution in [-0.2, 0) is 16.1 Å². The van der Waals surface area contributed by atoms with Crippen molar-refractivity contribution in [2.75, 3.05) is 13.2 Å². The van der Waals surface area contributed by atoms with Crippen LogP contribution in [0.1, 0.15) is 18.9 Å². The lowest BCUT2D eigenvalue weighted by Gasteiger charge is -2.08. The number of ether oxygens (including phenoxy) is 1. The van der Waals surface area contributed by atoms with Gasteiger partial charge in [0.1, 0.15) is 5.82 Å². The number of nitrogens with zero attached hydrogens (tertiary/aromatic N) is 1. The van der Waals surface area contributed by atoms with Crippen LogP contribution in [0.4, 0.5) is 4.39 Å². The first-order valence-corrected chi connectivity index (χ1v) is 6.61. The first-order chi connectivity index (χ1) is 9.72. The number of carbonyl (C=O) groups excluding carboxylic acids is 1. The van der Waals surface area contributed by atoms with E-state index < -0.39 is 0 Å². The molecule has 20 heavy (non-hydrogen) atoms. The molecule has 1 aromatic heterocycles. The van der Waals surface area contributed by atoms with Gasteiger partial charge in [0.2, 0.25) is 0 Å². The van der Waals surface area contributed by atoms with Crippen molar-refractivity contribution in [1.29, 1.82) is 0 Å². The minimum absolute atomic E-state index is 0.220. The molecule has 0 aliphatic heterocycles. The third kappa shape index (κ3) is 3.51. The molecule has 5 heteroatoms. The minimum Gasteiger partial charge on any atom is -0.466 e. The van der Waals surface area contributed by atoms with Crippen LogP contribution in [0.25, 0.3) is 10.9 Å². The van der Waals surface area contributed by atoms with Gasteiger partial charge in [-0.25, -0.2) is 4.39 Å². The van der Waals surface area contributed by atoms with Gasteiger partial charge >= 0.3 is 5.97 Å². The second kappa shape index (κ2) is 6.96. The average Bonchev–Trinajstić information content (AvgIpc) is 2.46. The summed E-state index contributed by atoms with van der Waals surface area (Å²) in [4.78, 5) is 15.4. The summed E-state index contributed by atoms with van der Waals surface area (Å²) in [5.41, 5.74) is 1.56. The lowest BCUT2D eigenvalue weighted by atomic mass is 10.1. The number of esters is 1. The summed E-state index contributed by atoms with van der Waals surface area (Å²) in [6.45, 7) is 3.23. The third-order valence-corrected chi connectivity index (χ3v) is 2.93. The maximum atomic E-state index is 13.6. The van der Waals surface area contributed by atoms with Gasteiger partial charge in [0, 0.05) is 24.7 Å². The first kappa shape index (κ1) is 14.4. The van der Waals surface area contributed by atoms with Crippen molar-refractivity contribution in [2.45, 2.75) is 19.9 Å². The van der Waals surface area contributed by atoms with Crippen molar-refractivity contribution in [3.8, 4) is 0 Å². The van der Waals surface area contributed by atoms with Crippen LogP contribution in [0.15, 0.2) is 30.5 Å². The Hall–Kier alpha value is -2.01. The van der Waals surface area contributed by atoms with E-state index in [1.165, 1.54) is 6.07 Å². The molecule has 0 saturated heterocycles. The molecule has 0 fully saturated rings. The SMILES string of the molecule is CCOC(=O)CCNCc1ccc(F)c2cccnc12. The topological polar surface area (TPSA) is 51.2 Å². The summed E-state index contributed by atoms with van der Waals surface area (Å²) in [6.07, 6.45) is 1.96. The van der Waals surface area contributed by atoms with Gasteiger partial charge in [-0.3, -0.25) is 9.78 Å². The zero-order valence-electron chi connectivity index (χ0n) is 11.4. The fraction of sp³-hybridized carbons (Fsp3) is 0.333. The molecule has 2 aromatic rings. The van der Waals surface area contributed by atoms with Crippen molar-refractivity contribution >= 4 is 16.9 Å². The Kier molecular flexibility index (Phi) is 5.01. The second-order valence-corrected chi connectivity index (χ2v) is 4.34. The zero-order chi connectivity index (χ0) is 14.4. The maximum absolute atomic E-state index is 13.6. The number of halogens is 1. The summed E-state index contributed by atoms with van der Waals surface area (Å²) in [7, 11) is 0. The number of rotatable bonds is 6. The summed E-state index contributed by atoms with van der Waals surface area (Å²) >= 11 is 0. The number of carbonyl (C=O) groups is 1. The monoisotopic (exact) mass is 276 g/mol. The summed E-state index contributed by atoms with van der Waals surface area (Å²) in [5.74, 6) is -0.495. The molecule has 1 N–H and O–H groups in total. The Morgan fingerprint density at radius 1 is 1.40 bits per heavy atom. The molecule has 0 amide bonds. The lowest BCUT2D eigenvalue weighted by molar-refractivity contribution is -0.142. The molecular formula is C15H17FN2O2. The van der Waals surface area contributed by atoms with Crippen LogP contribution in [0.5, 0.6) is 0 Å². The predicted octanol–water partition coefficient (Wildman–Crippen LogP) is 2.42. The van der Waals surface area contributed by atoms with Gasteiger partial charge in [0.25, 0.3) is 0 Å². The standard InChI is InChI=1S/C15H17FN2O2/c1-2-20-14(19)7-9-17-10-11-5-6-13(16)12-4-3-8-18-15(11)12/h3-6,8,17H,2,7,9-10H2,1H3. The average molecular weight is 276 g/mol. The molecule has 106 valence electrons. The number of nitrogens with one attached hydrogen (secondary N) is 1. The van der Waals surface area contributed by atoms with Crippen molar-refractivity contribution in [1.82, 2.24) is 10.3 Å². The van der Waals surface area contributed by atoms with Gasteiger partial charge in [-0.2, -0.15) is 0 Å².